The molecular formula is C34H28Br2Cl6N4O2S2. The molecule has 1 atom stereocenters. The summed E-state index contributed by atoms with van der Waals surface area (Å²) >= 11 is 39.8. The number of hydrogen-bond acceptors (Lipinski definition) is 7. The lowest BCUT2D eigenvalue weighted by Gasteiger charge is -2.24. The van der Waals surface area contributed by atoms with Gasteiger partial charge in [-0.2, -0.15) is 0 Å². The second kappa shape index (κ2) is 18.3. The Balaban J connectivity index is 0.000000216. The van der Waals surface area contributed by atoms with Gasteiger partial charge in [-0.15, -0.1) is 17.0 Å². The molecule has 0 fully saturated rings. The molecular weight excluding hydrogens is 933 g/mol. The zero-order valence-electron chi connectivity index (χ0n) is 25.8. The average Bonchev–Trinajstić information content (AvgIpc) is 3.82. The maximum atomic E-state index is 12.7. The van der Waals surface area contributed by atoms with Crippen LogP contribution in [-0.2, 0) is 5.72 Å². The first-order valence-electron chi connectivity index (χ1n) is 14.7. The highest BCUT2D eigenvalue weighted by atomic mass is 79.9. The maximum Gasteiger partial charge on any atom is 0.316 e. The van der Waals surface area contributed by atoms with Crippen molar-refractivity contribution in [3.05, 3.63) is 126 Å². The van der Waals surface area contributed by atoms with Gasteiger partial charge >= 0.3 is 5.17 Å². The van der Waals surface area contributed by atoms with E-state index in [-0.39, 0.29) is 46.3 Å². The third-order valence-corrected chi connectivity index (χ3v) is 11.5. The molecule has 6 nitrogen and oxygen atoms in total. The summed E-state index contributed by atoms with van der Waals surface area (Å²) in [7, 11) is 0. The number of Topliss-reactive ketones (excluding diaryl/α,β-unsaturated/α-hetero) is 1. The molecule has 0 spiro atoms. The van der Waals surface area contributed by atoms with E-state index < -0.39 is 5.72 Å². The number of amidine groups is 2. The number of aliphatic hydroxyl groups is 1. The van der Waals surface area contributed by atoms with Crippen molar-refractivity contribution in [2.75, 3.05) is 47.5 Å². The number of rotatable bonds is 6. The molecule has 1 N–H and O–H groups in total. The van der Waals surface area contributed by atoms with Crippen molar-refractivity contribution in [3.8, 4) is 0 Å². The summed E-state index contributed by atoms with van der Waals surface area (Å²) in [5.74, 6) is 1.74. The number of thioether (sulfide) groups is 2. The van der Waals surface area contributed by atoms with Gasteiger partial charge in [0, 0.05) is 42.8 Å². The van der Waals surface area contributed by atoms with Crippen molar-refractivity contribution < 1.29 is 31.5 Å². The first kappa shape index (κ1) is 41.6. The molecule has 50 heavy (non-hydrogen) atoms. The van der Waals surface area contributed by atoms with Gasteiger partial charge in [-0.25, -0.2) is 9.48 Å². The monoisotopic (exact) mass is 956 g/mol. The number of ketones is 1. The minimum atomic E-state index is -1.18. The second-order valence-corrected chi connectivity index (χ2v) is 15.6. The fourth-order valence-corrected chi connectivity index (χ4v) is 8.91. The lowest BCUT2D eigenvalue weighted by Crippen LogP contribution is -3.00. The van der Waals surface area contributed by atoms with Crippen LogP contribution >= 0.6 is 110 Å². The number of carbonyl (C=O) groups excluding carboxylic acids is 1. The van der Waals surface area contributed by atoms with Gasteiger partial charge in [0.15, 0.2) is 17.5 Å². The predicted octanol–water partition coefficient (Wildman–Crippen LogP) is 7.45. The fraction of sp³-hybridized carbons (Fsp3) is 0.206. The summed E-state index contributed by atoms with van der Waals surface area (Å²) < 4.78 is 2.02. The number of carbonyl (C=O) groups is 1. The largest absolute Gasteiger partial charge is 1.00 e. The van der Waals surface area contributed by atoms with Gasteiger partial charge in [0.1, 0.15) is 5.69 Å². The van der Waals surface area contributed by atoms with Crippen LogP contribution in [0.1, 0.15) is 15.9 Å². The molecule has 0 bridgehead atoms. The number of benzene rings is 4. The molecule has 0 aromatic heterocycles. The number of aliphatic imine (C=N–C) groups is 1. The quantitative estimate of drug-likeness (QED) is 0.160. The summed E-state index contributed by atoms with van der Waals surface area (Å²) in [6, 6.07) is 25.1. The van der Waals surface area contributed by atoms with Crippen LogP contribution < -0.4 is 26.8 Å². The van der Waals surface area contributed by atoms with Gasteiger partial charge in [0.2, 0.25) is 0 Å². The van der Waals surface area contributed by atoms with Crippen LogP contribution in [0, 0.1) is 0 Å². The van der Waals surface area contributed by atoms with Crippen molar-refractivity contribution in [1.29, 1.82) is 0 Å². The Hall–Kier alpha value is -1.15. The highest BCUT2D eigenvalue weighted by molar-refractivity contribution is 8.93. The van der Waals surface area contributed by atoms with Crippen LogP contribution in [0.25, 0.3) is 0 Å². The molecule has 4 aromatic carbocycles. The second-order valence-electron chi connectivity index (χ2n) is 10.9. The summed E-state index contributed by atoms with van der Waals surface area (Å²) in [6.45, 7) is 2.06. The number of halogens is 8. The smallest absolute Gasteiger partial charge is 0.316 e. The van der Waals surface area contributed by atoms with Gasteiger partial charge in [-0.3, -0.25) is 9.79 Å². The molecule has 1 unspecified atom stereocenters. The predicted molar refractivity (Wildman–Crippen MR) is 216 cm³/mol. The number of nitrogens with zero attached hydrogens (tertiary/aromatic N) is 4. The van der Waals surface area contributed by atoms with E-state index in [9.17, 15) is 9.90 Å². The minimum absolute atomic E-state index is 0. The molecule has 0 saturated heterocycles. The van der Waals surface area contributed by atoms with Gasteiger partial charge in [-0.1, -0.05) is 81.4 Å². The Kier molecular flexibility index (Phi) is 15.2. The molecule has 3 aliphatic rings. The van der Waals surface area contributed by atoms with Crippen molar-refractivity contribution >= 4 is 138 Å². The highest BCUT2D eigenvalue weighted by Gasteiger charge is 2.55. The summed E-state index contributed by atoms with van der Waals surface area (Å²) in [5, 5.41) is 16.6. The van der Waals surface area contributed by atoms with E-state index in [4.69, 9.17) is 69.6 Å². The normalized spacial score (nSPS) is 17.7. The zero-order chi connectivity index (χ0) is 34.0. The lowest BCUT2D eigenvalue weighted by atomic mass is 10.0. The molecule has 0 amide bonds. The van der Waals surface area contributed by atoms with E-state index in [1.807, 2.05) is 45.9 Å². The van der Waals surface area contributed by atoms with E-state index >= 15 is 0 Å². The number of anilines is 2. The number of hydrogen-bond donors (Lipinski definition) is 1. The summed E-state index contributed by atoms with van der Waals surface area (Å²) in [5.41, 5.74) is 1.80. The Bertz CT molecular complexity index is 1920. The van der Waals surface area contributed by atoms with Crippen LogP contribution in [0.4, 0.5) is 11.4 Å². The van der Waals surface area contributed by atoms with E-state index in [2.05, 4.69) is 9.89 Å². The molecule has 0 aliphatic carbocycles. The summed E-state index contributed by atoms with van der Waals surface area (Å²) in [4.78, 5) is 21.2. The Labute approximate surface area is 350 Å². The zero-order valence-corrected chi connectivity index (χ0v) is 35.3. The van der Waals surface area contributed by atoms with E-state index in [0.717, 1.165) is 46.3 Å². The average molecular weight is 961 g/mol. The minimum Gasteiger partial charge on any atom is -1.00 e. The van der Waals surface area contributed by atoms with Crippen LogP contribution in [0.15, 0.2) is 89.9 Å². The molecule has 0 saturated carbocycles. The molecule has 0 radical (unpaired) electrons. The first-order chi connectivity index (χ1) is 23.0. The SMILES string of the molecule is Br.O=C(CN(C1=NCCS1)c1ccc(Cl)cc1)c1ccc(Cl)cc1Cl.OC1(c2ccc(Cl)cc2Cl)CN(c2ccc(Cl)cc2)C2=[N+]1CCS2.[Br-]. The Morgan fingerprint density at radius 3 is 2.02 bits per heavy atom. The first-order valence-corrected chi connectivity index (χ1v) is 18.9. The lowest BCUT2D eigenvalue weighted by molar-refractivity contribution is -0.650. The van der Waals surface area contributed by atoms with Crippen molar-refractivity contribution in [2.24, 2.45) is 4.99 Å². The molecule has 3 heterocycles. The fourth-order valence-electron chi connectivity index (χ4n) is 5.53. The van der Waals surface area contributed by atoms with Gasteiger partial charge < -0.3 is 27.0 Å². The summed E-state index contributed by atoms with van der Waals surface area (Å²) in [6.07, 6.45) is 0. The van der Waals surface area contributed by atoms with E-state index in [0.29, 0.717) is 47.8 Å². The topological polar surface area (TPSA) is 59.2 Å². The van der Waals surface area contributed by atoms with Gasteiger partial charge in [0.05, 0.1) is 35.2 Å². The van der Waals surface area contributed by atoms with Crippen LogP contribution in [0.5, 0.6) is 0 Å². The van der Waals surface area contributed by atoms with Gasteiger partial charge in [0.25, 0.3) is 5.72 Å². The van der Waals surface area contributed by atoms with Gasteiger partial charge in [-0.05, 0) is 96.7 Å². The van der Waals surface area contributed by atoms with Crippen molar-refractivity contribution in [2.45, 2.75) is 5.72 Å². The van der Waals surface area contributed by atoms with E-state index in [1.54, 1.807) is 72.1 Å². The van der Waals surface area contributed by atoms with Crippen LogP contribution in [0.2, 0.25) is 30.1 Å². The van der Waals surface area contributed by atoms with Crippen LogP contribution in [-0.4, -0.2) is 63.5 Å². The molecule has 264 valence electrons. The molecule has 16 heteroatoms. The van der Waals surface area contributed by atoms with Crippen molar-refractivity contribution in [3.63, 3.8) is 0 Å². The Morgan fingerprint density at radius 1 is 0.820 bits per heavy atom. The van der Waals surface area contributed by atoms with Crippen LogP contribution in [0.3, 0.4) is 0 Å². The van der Waals surface area contributed by atoms with E-state index in [1.165, 1.54) is 0 Å². The molecule has 7 rings (SSSR count). The number of β-amino-alcohol motifs (C(OH)–C–C–N with tert-alkyl or cyclic N) is 1. The standard InChI is InChI=1S/C17H14Cl3N2OS.C17H13Cl3N2OS.2BrH/c18-11-1-4-13(5-2-11)21-10-17(23,22-7-8-24-16(21)22)14-6-3-12(19)9-15(14)20;18-11-1-4-13(5-2-11)22(17-21-7-8-24-17)10-16(23)14-6-3-12(19)9-15(14)20;;/h1-6,9,23H,7-8,10H2;1-6,9H,7-8,10H2;2*1H/q+1;;;/p-1. The molecule has 3 aliphatic heterocycles. The maximum absolute atomic E-state index is 12.7. The highest BCUT2D eigenvalue weighted by Crippen LogP contribution is 2.41. The third kappa shape index (κ3) is 9.31. The Morgan fingerprint density at radius 2 is 1.42 bits per heavy atom. The third-order valence-electron chi connectivity index (χ3n) is 7.81. The molecule has 4 aromatic rings. The van der Waals surface area contributed by atoms with Crippen molar-refractivity contribution in [1.82, 2.24) is 0 Å².